The highest BCUT2D eigenvalue weighted by Crippen LogP contribution is 2.45. The average Bonchev–Trinajstić information content (AvgIpc) is 3.24. The van der Waals surface area contributed by atoms with Crippen molar-refractivity contribution in [3.05, 3.63) is 0 Å². The lowest BCUT2D eigenvalue weighted by Gasteiger charge is -2.33. The van der Waals surface area contributed by atoms with Crippen LogP contribution in [0.3, 0.4) is 0 Å². The van der Waals surface area contributed by atoms with Gasteiger partial charge in [0, 0.05) is 58.9 Å². The predicted molar refractivity (Wildman–Crippen MR) is 122 cm³/mol. The standard InChI is InChI=1S/C20H39N5.HI/c1-4-21-19(25-10-9-20(17-25)7-5-6-8-20)22-15-18(2)16-24-13-11-23(3)12-14-24;/h18H,4-17H2,1-3H3,(H,21,22);1H. The topological polar surface area (TPSA) is 34.1 Å². The summed E-state index contributed by atoms with van der Waals surface area (Å²) in [4.78, 5) is 12.6. The zero-order valence-corrected chi connectivity index (χ0v) is 19.5. The number of hydrogen-bond acceptors (Lipinski definition) is 3. The van der Waals surface area contributed by atoms with E-state index >= 15 is 0 Å². The number of halogens is 1. The maximum atomic E-state index is 5.02. The molecule has 1 spiro atoms. The molecule has 1 saturated carbocycles. The van der Waals surface area contributed by atoms with E-state index in [1.807, 2.05) is 0 Å². The lowest BCUT2D eigenvalue weighted by Crippen LogP contribution is -2.46. The first kappa shape index (κ1) is 22.2. The summed E-state index contributed by atoms with van der Waals surface area (Å²) in [6.45, 7) is 14.9. The van der Waals surface area contributed by atoms with Crippen LogP contribution in [0.1, 0.15) is 46.0 Å². The minimum Gasteiger partial charge on any atom is -0.357 e. The van der Waals surface area contributed by atoms with Crippen molar-refractivity contribution in [1.82, 2.24) is 20.0 Å². The molecule has 1 N–H and O–H groups in total. The van der Waals surface area contributed by atoms with E-state index in [0.717, 1.165) is 19.0 Å². The van der Waals surface area contributed by atoms with E-state index in [-0.39, 0.29) is 24.0 Å². The average molecular weight is 477 g/mol. The highest BCUT2D eigenvalue weighted by atomic mass is 127. The van der Waals surface area contributed by atoms with Gasteiger partial charge in [-0.15, -0.1) is 24.0 Å². The fourth-order valence-corrected chi connectivity index (χ4v) is 4.85. The first-order valence-corrected chi connectivity index (χ1v) is 10.5. The second-order valence-corrected chi connectivity index (χ2v) is 8.78. The summed E-state index contributed by atoms with van der Waals surface area (Å²) in [5.41, 5.74) is 0.613. The molecule has 2 aliphatic heterocycles. The second kappa shape index (κ2) is 10.5. The Labute approximate surface area is 178 Å². The van der Waals surface area contributed by atoms with Gasteiger partial charge in [0.15, 0.2) is 5.96 Å². The highest BCUT2D eigenvalue weighted by Gasteiger charge is 2.41. The van der Waals surface area contributed by atoms with Crippen LogP contribution in [0.2, 0.25) is 0 Å². The molecule has 3 fully saturated rings. The van der Waals surface area contributed by atoms with Crippen LogP contribution in [-0.2, 0) is 0 Å². The molecule has 6 heteroatoms. The molecular weight excluding hydrogens is 437 g/mol. The number of guanidine groups is 1. The molecule has 0 aromatic rings. The third-order valence-corrected chi connectivity index (χ3v) is 6.46. The Morgan fingerprint density at radius 2 is 1.77 bits per heavy atom. The van der Waals surface area contributed by atoms with Crippen LogP contribution >= 0.6 is 24.0 Å². The van der Waals surface area contributed by atoms with Crippen molar-refractivity contribution in [3.63, 3.8) is 0 Å². The van der Waals surface area contributed by atoms with Crippen molar-refractivity contribution in [2.45, 2.75) is 46.0 Å². The van der Waals surface area contributed by atoms with Gasteiger partial charge in [-0.25, -0.2) is 0 Å². The Bertz CT molecular complexity index is 441. The zero-order chi connectivity index (χ0) is 17.7. The highest BCUT2D eigenvalue weighted by molar-refractivity contribution is 14.0. The summed E-state index contributed by atoms with van der Waals surface area (Å²) < 4.78 is 0. The van der Waals surface area contributed by atoms with Crippen molar-refractivity contribution in [2.24, 2.45) is 16.3 Å². The van der Waals surface area contributed by atoms with Gasteiger partial charge >= 0.3 is 0 Å². The van der Waals surface area contributed by atoms with Crippen molar-refractivity contribution >= 4 is 29.9 Å². The fraction of sp³-hybridized carbons (Fsp3) is 0.950. The lowest BCUT2D eigenvalue weighted by molar-refractivity contribution is 0.140. The van der Waals surface area contributed by atoms with Crippen molar-refractivity contribution < 1.29 is 0 Å². The Kier molecular flexibility index (Phi) is 8.94. The minimum atomic E-state index is 0. The minimum absolute atomic E-state index is 0. The van der Waals surface area contributed by atoms with E-state index < -0.39 is 0 Å². The van der Waals surface area contributed by atoms with Crippen LogP contribution in [0, 0.1) is 11.3 Å². The Morgan fingerprint density at radius 3 is 2.42 bits per heavy atom. The fourth-order valence-electron chi connectivity index (χ4n) is 4.85. The Balaban J connectivity index is 0.00000243. The number of hydrogen-bond donors (Lipinski definition) is 1. The molecule has 1 unspecified atom stereocenters. The molecule has 0 aromatic carbocycles. The van der Waals surface area contributed by atoms with Gasteiger partial charge in [-0.3, -0.25) is 4.99 Å². The molecule has 1 aliphatic carbocycles. The van der Waals surface area contributed by atoms with E-state index in [2.05, 4.69) is 40.9 Å². The maximum absolute atomic E-state index is 5.02. The first-order chi connectivity index (χ1) is 12.1. The van der Waals surface area contributed by atoms with Crippen LogP contribution < -0.4 is 5.32 Å². The van der Waals surface area contributed by atoms with Gasteiger partial charge in [0.25, 0.3) is 0 Å². The number of aliphatic imine (C=N–C) groups is 1. The van der Waals surface area contributed by atoms with E-state index in [4.69, 9.17) is 4.99 Å². The van der Waals surface area contributed by atoms with E-state index in [1.54, 1.807) is 0 Å². The third kappa shape index (κ3) is 5.96. The molecule has 1 atom stereocenters. The van der Waals surface area contributed by atoms with Gasteiger partial charge in [-0.2, -0.15) is 0 Å². The second-order valence-electron chi connectivity index (χ2n) is 8.78. The molecule has 3 rings (SSSR count). The van der Waals surface area contributed by atoms with Crippen LogP contribution in [0.5, 0.6) is 0 Å². The number of piperazine rings is 1. The van der Waals surface area contributed by atoms with Gasteiger partial charge in [0.2, 0.25) is 0 Å². The van der Waals surface area contributed by atoms with E-state index in [9.17, 15) is 0 Å². The molecule has 0 amide bonds. The predicted octanol–water partition coefficient (Wildman–Crippen LogP) is 2.72. The summed E-state index contributed by atoms with van der Waals surface area (Å²) in [7, 11) is 2.22. The SMILES string of the molecule is CCNC(=NCC(C)CN1CCN(C)CC1)N1CCC2(CCCC2)C1.I. The largest absolute Gasteiger partial charge is 0.357 e. The summed E-state index contributed by atoms with van der Waals surface area (Å²) in [5, 5.41) is 3.55. The molecule has 0 aromatic heterocycles. The molecule has 0 bridgehead atoms. The monoisotopic (exact) mass is 477 g/mol. The quantitative estimate of drug-likeness (QED) is 0.375. The van der Waals surface area contributed by atoms with E-state index in [1.165, 1.54) is 77.9 Å². The molecule has 2 saturated heterocycles. The first-order valence-electron chi connectivity index (χ1n) is 10.5. The van der Waals surface area contributed by atoms with Gasteiger partial charge < -0.3 is 20.0 Å². The molecule has 5 nitrogen and oxygen atoms in total. The summed E-state index contributed by atoms with van der Waals surface area (Å²) >= 11 is 0. The van der Waals surface area contributed by atoms with Gasteiger partial charge in [-0.1, -0.05) is 19.8 Å². The lowest BCUT2D eigenvalue weighted by atomic mass is 9.86. The van der Waals surface area contributed by atoms with Gasteiger partial charge in [-0.05, 0) is 44.6 Å². The van der Waals surface area contributed by atoms with E-state index in [0.29, 0.717) is 11.3 Å². The molecule has 3 aliphatic rings. The Morgan fingerprint density at radius 1 is 1.08 bits per heavy atom. The number of rotatable bonds is 5. The smallest absolute Gasteiger partial charge is 0.193 e. The summed E-state index contributed by atoms with van der Waals surface area (Å²) in [6.07, 6.45) is 7.10. The molecule has 152 valence electrons. The number of likely N-dealkylation sites (N-methyl/N-ethyl adjacent to an activating group) is 1. The molecule has 2 heterocycles. The van der Waals surface area contributed by atoms with Gasteiger partial charge in [0.05, 0.1) is 0 Å². The van der Waals surface area contributed by atoms with Crippen LogP contribution in [0.25, 0.3) is 0 Å². The maximum Gasteiger partial charge on any atom is 0.193 e. The molecule has 26 heavy (non-hydrogen) atoms. The number of nitrogens with zero attached hydrogens (tertiary/aromatic N) is 4. The molecular formula is C20H40IN5. The summed E-state index contributed by atoms with van der Waals surface area (Å²) in [5.74, 6) is 1.79. The zero-order valence-electron chi connectivity index (χ0n) is 17.2. The summed E-state index contributed by atoms with van der Waals surface area (Å²) in [6, 6.07) is 0. The number of nitrogens with one attached hydrogen (secondary N) is 1. The number of likely N-dealkylation sites (tertiary alicyclic amines) is 1. The third-order valence-electron chi connectivity index (χ3n) is 6.46. The van der Waals surface area contributed by atoms with Crippen molar-refractivity contribution in [1.29, 1.82) is 0 Å². The Hall–Kier alpha value is -0.0800. The van der Waals surface area contributed by atoms with Crippen LogP contribution in [0.15, 0.2) is 4.99 Å². The molecule has 0 radical (unpaired) electrons. The van der Waals surface area contributed by atoms with Gasteiger partial charge in [0.1, 0.15) is 0 Å². The van der Waals surface area contributed by atoms with Crippen LogP contribution in [-0.4, -0.2) is 86.6 Å². The normalized spacial score (nSPS) is 25.5. The van der Waals surface area contributed by atoms with Crippen molar-refractivity contribution in [2.75, 3.05) is 66.0 Å². The van der Waals surface area contributed by atoms with Crippen LogP contribution in [0.4, 0.5) is 0 Å². The van der Waals surface area contributed by atoms with Crippen molar-refractivity contribution in [3.8, 4) is 0 Å².